The topological polar surface area (TPSA) is 50.7 Å². The number of hydrogen-bond acceptors (Lipinski definition) is 4. The molecule has 2 N–H and O–H groups in total. The van der Waals surface area contributed by atoms with Gasteiger partial charge in [0, 0.05) is 12.1 Å². The number of ether oxygens (including phenoxy) is 2. The van der Waals surface area contributed by atoms with Crippen LogP contribution in [0.3, 0.4) is 0 Å². The number of hydrogen-bond donors (Lipinski definition) is 2. The van der Waals surface area contributed by atoms with Crippen molar-refractivity contribution >= 4 is 11.6 Å². The highest BCUT2D eigenvalue weighted by molar-refractivity contribution is 6.33. The summed E-state index contributed by atoms with van der Waals surface area (Å²) in [4.78, 5) is 0. The Kier molecular flexibility index (Phi) is 5.72. The lowest BCUT2D eigenvalue weighted by molar-refractivity contribution is 0.173. The third kappa shape index (κ3) is 2.88. The summed E-state index contributed by atoms with van der Waals surface area (Å²) >= 11 is 6.26. The maximum atomic E-state index is 10.1. The minimum atomic E-state index is -0.668. The van der Waals surface area contributed by atoms with E-state index in [0.717, 1.165) is 12.0 Å². The fourth-order valence-corrected chi connectivity index (χ4v) is 2.32. The Hall–Kier alpha value is -0.970. The van der Waals surface area contributed by atoms with Crippen molar-refractivity contribution in [3.63, 3.8) is 0 Å². The Morgan fingerprint density at radius 1 is 1.33 bits per heavy atom. The van der Waals surface area contributed by atoms with E-state index >= 15 is 0 Å². The van der Waals surface area contributed by atoms with Crippen LogP contribution in [-0.2, 0) is 6.42 Å². The molecule has 0 aliphatic heterocycles. The fourth-order valence-electron chi connectivity index (χ4n) is 1.93. The van der Waals surface area contributed by atoms with Crippen LogP contribution in [0.15, 0.2) is 6.07 Å². The molecule has 0 radical (unpaired) electrons. The Labute approximate surface area is 113 Å². The number of methoxy groups -OCH3 is 2. The van der Waals surface area contributed by atoms with Gasteiger partial charge in [-0.25, -0.2) is 0 Å². The molecule has 0 saturated carbocycles. The van der Waals surface area contributed by atoms with Gasteiger partial charge < -0.3 is 19.9 Å². The van der Waals surface area contributed by atoms with Crippen LogP contribution in [0.5, 0.6) is 11.5 Å². The summed E-state index contributed by atoms with van der Waals surface area (Å²) in [5.74, 6) is 1.07. The number of aliphatic hydroxyl groups is 1. The molecule has 4 nitrogen and oxygen atoms in total. The molecule has 1 atom stereocenters. The molecule has 0 aliphatic rings. The van der Waals surface area contributed by atoms with Crippen LogP contribution in [0.25, 0.3) is 0 Å². The highest BCUT2D eigenvalue weighted by Crippen LogP contribution is 2.42. The molecule has 18 heavy (non-hydrogen) atoms. The molecule has 0 amide bonds. The lowest BCUT2D eigenvalue weighted by atomic mass is 10.0. The predicted molar refractivity (Wildman–Crippen MR) is 72.8 cm³/mol. The van der Waals surface area contributed by atoms with Gasteiger partial charge in [0.25, 0.3) is 0 Å². The minimum absolute atomic E-state index is 0.407. The number of nitrogens with one attached hydrogen (secondary N) is 1. The fraction of sp³-hybridized carbons (Fsp3) is 0.538. The van der Waals surface area contributed by atoms with Crippen LogP contribution in [0.4, 0.5) is 0 Å². The van der Waals surface area contributed by atoms with Crippen molar-refractivity contribution in [2.75, 3.05) is 27.8 Å². The molecule has 0 aromatic heterocycles. The van der Waals surface area contributed by atoms with E-state index in [9.17, 15) is 5.11 Å². The van der Waals surface area contributed by atoms with Gasteiger partial charge in [0.2, 0.25) is 0 Å². The second kappa shape index (κ2) is 6.83. The average molecular weight is 274 g/mol. The molecule has 0 spiro atoms. The number of rotatable bonds is 6. The number of likely N-dealkylation sites (N-methyl/N-ethyl adjacent to an activating group) is 1. The molecule has 5 heteroatoms. The molecular weight excluding hydrogens is 254 g/mol. The lowest BCUT2D eigenvalue weighted by Gasteiger charge is -2.19. The Balaban J connectivity index is 3.37. The normalized spacial score (nSPS) is 12.3. The van der Waals surface area contributed by atoms with Crippen LogP contribution in [0.2, 0.25) is 5.02 Å². The molecule has 1 aromatic rings. The molecule has 0 fully saturated rings. The molecular formula is C13H20ClNO3. The van der Waals surface area contributed by atoms with E-state index in [4.69, 9.17) is 21.1 Å². The monoisotopic (exact) mass is 273 g/mol. The van der Waals surface area contributed by atoms with Crippen molar-refractivity contribution in [2.24, 2.45) is 0 Å². The third-order valence-corrected chi connectivity index (χ3v) is 3.17. The molecule has 1 rings (SSSR count). The van der Waals surface area contributed by atoms with Crippen LogP contribution < -0.4 is 14.8 Å². The second-order valence-electron chi connectivity index (χ2n) is 3.93. The number of benzene rings is 1. The van der Waals surface area contributed by atoms with E-state index in [0.29, 0.717) is 28.6 Å². The molecule has 1 aromatic carbocycles. The summed E-state index contributed by atoms with van der Waals surface area (Å²) in [6, 6.07) is 1.88. The van der Waals surface area contributed by atoms with Gasteiger partial charge in [0.1, 0.15) is 16.5 Å². The zero-order valence-electron chi connectivity index (χ0n) is 11.2. The zero-order valence-corrected chi connectivity index (χ0v) is 12.0. The summed E-state index contributed by atoms with van der Waals surface area (Å²) in [6.45, 7) is 2.44. The van der Waals surface area contributed by atoms with Crippen LogP contribution in [0.1, 0.15) is 24.2 Å². The maximum Gasteiger partial charge on any atom is 0.147 e. The van der Waals surface area contributed by atoms with Crippen molar-refractivity contribution in [3.05, 3.63) is 22.2 Å². The Morgan fingerprint density at radius 3 is 2.39 bits per heavy atom. The van der Waals surface area contributed by atoms with Gasteiger partial charge in [0.15, 0.2) is 0 Å². The van der Waals surface area contributed by atoms with Crippen molar-refractivity contribution < 1.29 is 14.6 Å². The van der Waals surface area contributed by atoms with Crippen molar-refractivity contribution in [1.82, 2.24) is 5.32 Å². The molecule has 0 aliphatic carbocycles. The third-order valence-electron chi connectivity index (χ3n) is 2.83. The largest absolute Gasteiger partial charge is 0.495 e. The van der Waals surface area contributed by atoms with Crippen molar-refractivity contribution in [3.8, 4) is 11.5 Å². The van der Waals surface area contributed by atoms with Gasteiger partial charge in [-0.3, -0.25) is 0 Å². The van der Waals surface area contributed by atoms with E-state index in [2.05, 4.69) is 5.32 Å². The van der Waals surface area contributed by atoms with Gasteiger partial charge in [-0.1, -0.05) is 18.5 Å². The van der Waals surface area contributed by atoms with Gasteiger partial charge >= 0.3 is 0 Å². The standard InChI is InChI=1S/C13H20ClNO3/c1-5-8-6-9(10(16)7-15-2)13(18-4)11(14)12(8)17-3/h6,10,15-16H,5,7H2,1-4H3. The average Bonchev–Trinajstić information content (AvgIpc) is 2.37. The van der Waals surface area contributed by atoms with E-state index in [1.165, 1.54) is 7.11 Å². The van der Waals surface area contributed by atoms with Crippen molar-refractivity contribution in [1.29, 1.82) is 0 Å². The highest BCUT2D eigenvalue weighted by atomic mass is 35.5. The van der Waals surface area contributed by atoms with Gasteiger partial charge in [-0.05, 0) is 25.1 Å². The van der Waals surface area contributed by atoms with Crippen LogP contribution in [0, 0.1) is 0 Å². The predicted octanol–water partition coefficient (Wildman–Crippen LogP) is 2.17. The summed E-state index contributed by atoms with van der Waals surface area (Å²) in [7, 11) is 4.88. The first kappa shape index (κ1) is 15.1. The van der Waals surface area contributed by atoms with E-state index in [1.54, 1.807) is 14.2 Å². The SMILES string of the molecule is CCc1cc(C(O)CNC)c(OC)c(Cl)c1OC. The summed E-state index contributed by atoms with van der Waals surface area (Å²) < 4.78 is 10.6. The quantitative estimate of drug-likeness (QED) is 0.834. The van der Waals surface area contributed by atoms with E-state index in [1.807, 2.05) is 13.0 Å². The van der Waals surface area contributed by atoms with Crippen LogP contribution in [-0.4, -0.2) is 32.9 Å². The van der Waals surface area contributed by atoms with E-state index < -0.39 is 6.10 Å². The summed E-state index contributed by atoms with van der Waals surface area (Å²) in [5.41, 5.74) is 1.63. The van der Waals surface area contributed by atoms with Gasteiger partial charge in [-0.15, -0.1) is 0 Å². The smallest absolute Gasteiger partial charge is 0.147 e. The zero-order chi connectivity index (χ0) is 13.7. The highest BCUT2D eigenvalue weighted by Gasteiger charge is 2.21. The first-order valence-electron chi connectivity index (χ1n) is 5.86. The molecule has 0 bridgehead atoms. The molecule has 1 unspecified atom stereocenters. The lowest BCUT2D eigenvalue weighted by Crippen LogP contribution is -2.17. The first-order chi connectivity index (χ1) is 8.60. The molecule has 102 valence electrons. The maximum absolute atomic E-state index is 10.1. The van der Waals surface area contributed by atoms with E-state index in [-0.39, 0.29) is 0 Å². The van der Waals surface area contributed by atoms with Crippen LogP contribution >= 0.6 is 11.6 Å². The molecule has 0 saturated heterocycles. The Bertz CT molecular complexity index is 410. The molecule has 0 heterocycles. The number of aryl methyl sites for hydroxylation is 1. The first-order valence-corrected chi connectivity index (χ1v) is 6.24. The summed E-state index contributed by atoms with van der Waals surface area (Å²) in [6.07, 6.45) is 0.102. The minimum Gasteiger partial charge on any atom is -0.495 e. The summed E-state index contributed by atoms with van der Waals surface area (Å²) in [5, 5.41) is 13.4. The number of halogens is 1. The van der Waals surface area contributed by atoms with Gasteiger partial charge in [-0.2, -0.15) is 0 Å². The number of aliphatic hydroxyl groups excluding tert-OH is 1. The Morgan fingerprint density at radius 2 is 1.94 bits per heavy atom. The van der Waals surface area contributed by atoms with Crippen molar-refractivity contribution in [2.45, 2.75) is 19.4 Å². The second-order valence-corrected chi connectivity index (χ2v) is 4.31. The van der Waals surface area contributed by atoms with Gasteiger partial charge in [0.05, 0.1) is 20.3 Å².